The van der Waals surface area contributed by atoms with Crippen LogP contribution in [0.15, 0.2) is 30.5 Å². The molecule has 0 aliphatic carbocycles. The first kappa shape index (κ1) is 25.3. The predicted octanol–water partition coefficient (Wildman–Crippen LogP) is 4.30. The number of carbonyl (C=O) groups excluding carboxylic acids is 1. The summed E-state index contributed by atoms with van der Waals surface area (Å²) in [5.74, 6) is 0.143. The molecule has 1 fully saturated rings. The van der Waals surface area contributed by atoms with Crippen LogP contribution in [0.1, 0.15) is 46.1 Å². The lowest BCUT2D eigenvalue weighted by Gasteiger charge is -2.43. The van der Waals surface area contributed by atoms with Crippen molar-refractivity contribution in [3.63, 3.8) is 0 Å². The summed E-state index contributed by atoms with van der Waals surface area (Å²) < 4.78 is 0. The van der Waals surface area contributed by atoms with Crippen LogP contribution in [0.5, 0.6) is 0 Å². The lowest BCUT2D eigenvalue weighted by Crippen LogP contribution is -2.56. The minimum atomic E-state index is -0.395. The maximum atomic E-state index is 12.9. The third-order valence-electron chi connectivity index (χ3n) is 6.62. The molecule has 1 amide bonds. The summed E-state index contributed by atoms with van der Waals surface area (Å²) in [5, 5.41) is 21.2. The molecular weight excluding hydrogens is 432 g/mol. The van der Waals surface area contributed by atoms with Gasteiger partial charge in [-0.3, -0.25) is 20.5 Å². The van der Waals surface area contributed by atoms with Gasteiger partial charge in [0.15, 0.2) is 10.2 Å². The second-order valence-electron chi connectivity index (χ2n) is 9.71. The number of benzene rings is 1. The quantitative estimate of drug-likeness (QED) is 0.374. The first-order valence-electron chi connectivity index (χ1n) is 11.8. The van der Waals surface area contributed by atoms with Crippen LogP contribution in [0.25, 0.3) is 10.9 Å². The van der Waals surface area contributed by atoms with Gasteiger partial charge >= 0.3 is 0 Å². The largest absolute Gasteiger partial charge is 0.361 e. The van der Waals surface area contributed by atoms with E-state index in [0.717, 1.165) is 43.2 Å². The zero-order valence-electron chi connectivity index (χ0n) is 20.4. The van der Waals surface area contributed by atoms with Crippen molar-refractivity contribution in [1.29, 1.82) is 10.8 Å². The van der Waals surface area contributed by atoms with Crippen LogP contribution < -0.4 is 5.32 Å². The normalized spacial score (nSPS) is 20.2. The van der Waals surface area contributed by atoms with Gasteiger partial charge in [-0.05, 0) is 69.5 Å². The number of aromatic nitrogens is 1. The highest BCUT2D eigenvalue weighted by atomic mass is 32.2. The van der Waals surface area contributed by atoms with Gasteiger partial charge in [0, 0.05) is 48.3 Å². The summed E-state index contributed by atoms with van der Waals surface area (Å²) in [6.45, 7) is 10.1. The molecule has 180 valence electrons. The molecule has 1 aromatic heterocycles. The third kappa shape index (κ3) is 6.60. The summed E-state index contributed by atoms with van der Waals surface area (Å²) in [5.41, 5.74) is 2.26. The van der Waals surface area contributed by atoms with E-state index in [1.807, 2.05) is 23.2 Å². The van der Waals surface area contributed by atoms with Crippen LogP contribution in [0.2, 0.25) is 0 Å². The van der Waals surface area contributed by atoms with E-state index in [4.69, 9.17) is 10.8 Å². The Balaban J connectivity index is 1.62. The smallest absolute Gasteiger partial charge is 0.276 e. The van der Waals surface area contributed by atoms with Gasteiger partial charge in [0.25, 0.3) is 5.91 Å². The molecule has 1 unspecified atom stereocenters. The van der Waals surface area contributed by atoms with E-state index in [9.17, 15) is 4.79 Å². The Morgan fingerprint density at radius 2 is 1.85 bits per heavy atom. The van der Waals surface area contributed by atoms with Crippen molar-refractivity contribution in [2.45, 2.75) is 65.1 Å². The molecule has 1 saturated heterocycles. The van der Waals surface area contributed by atoms with Crippen molar-refractivity contribution in [2.75, 3.05) is 20.1 Å². The van der Waals surface area contributed by atoms with Crippen LogP contribution in [-0.2, 0) is 11.2 Å². The fourth-order valence-electron chi connectivity index (χ4n) is 4.35. The Morgan fingerprint density at radius 3 is 2.52 bits per heavy atom. The average Bonchev–Trinajstić information content (AvgIpc) is 3.18. The molecule has 0 bridgehead atoms. The van der Waals surface area contributed by atoms with Gasteiger partial charge in [-0.2, -0.15) is 0 Å². The molecule has 1 aliphatic heterocycles. The van der Waals surface area contributed by atoms with Crippen molar-refractivity contribution in [2.24, 2.45) is 5.92 Å². The molecule has 0 radical (unpaired) electrons. The number of piperazine rings is 1. The molecule has 1 aromatic carbocycles. The average molecular weight is 471 g/mol. The molecule has 4 N–H and O–H groups in total. The second-order valence-corrected chi connectivity index (χ2v) is 10.7. The van der Waals surface area contributed by atoms with Crippen molar-refractivity contribution in [3.8, 4) is 0 Å². The number of amides is 1. The number of likely N-dealkylation sites (N-methyl/N-ethyl adjacent to an activating group) is 1. The zero-order chi connectivity index (χ0) is 24.1. The number of carbonyl (C=O) groups is 1. The molecule has 8 heteroatoms. The number of H-pyrrole nitrogens is 1. The predicted molar refractivity (Wildman–Crippen MR) is 139 cm³/mol. The Labute approximate surface area is 201 Å². The Kier molecular flexibility index (Phi) is 8.59. The number of nitrogens with one attached hydrogen (secondary N) is 4. The number of amidine groups is 1. The van der Waals surface area contributed by atoms with Gasteiger partial charge in [0.05, 0.1) is 0 Å². The molecule has 1 aliphatic rings. The Morgan fingerprint density at radius 1 is 1.18 bits per heavy atom. The summed E-state index contributed by atoms with van der Waals surface area (Å²) in [6.07, 6.45) is 4.59. The van der Waals surface area contributed by atoms with Gasteiger partial charge in [0.2, 0.25) is 0 Å². The number of hydrogen-bond acceptors (Lipinski definition) is 5. The standard InChI is InChI=1S/C25H38N6OS/c1-16(2)10-11-20(12-19-13-28-22-9-7-6-8-21(19)22)29-24(32)23(26)33-25(27)31-14-17(3)30(5)18(4)15-31/h6-9,13,16-18,20,26-28H,10-12,14-15H2,1-5H3,(H,29,32)/t17-,18-,20?/m1/s1. The summed E-state index contributed by atoms with van der Waals surface area (Å²) >= 11 is 0.952. The van der Waals surface area contributed by atoms with Crippen LogP contribution >= 0.6 is 11.8 Å². The van der Waals surface area contributed by atoms with E-state index in [1.165, 1.54) is 10.9 Å². The van der Waals surface area contributed by atoms with Crippen LogP contribution in [-0.4, -0.2) is 69.2 Å². The van der Waals surface area contributed by atoms with Gasteiger partial charge in [0.1, 0.15) is 0 Å². The van der Waals surface area contributed by atoms with Crippen molar-refractivity contribution >= 4 is 38.8 Å². The number of aromatic amines is 1. The summed E-state index contributed by atoms with van der Waals surface area (Å²) in [6, 6.07) is 8.79. The topological polar surface area (TPSA) is 99.1 Å². The zero-order valence-corrected chi connectivity index (χ0v) is 21.3. The molecule has 3 atom stereocenters. The van der Waals surface area contributed by atoms with Crippen molar-refractivity contribution < 1.29 is 4.79 Å². The fraction of sp³-hybridized carbons (Fsp3) is 0.560. The van der Waals surface area contributed by atoms with Crippen LogP contribution in [0.4, 0.5) is 0 Å². The minimum Gasteiger partial charge on any atom is -0.361 e. The minimum absolute atomic E-state index is 0.0575. The van der Waals surface area contributed by atoms with E-state index in [0.29, 0.717) is 24.4 Å². The van der Waals surface area contributed by atoms with E-state index in [-0.39, 0.29) is 16.3 Å². The van der Waals surface area contributed by atoms with E-state index in [1.54, 1.807) is 0 Å². The molecule has 33 heavy (non-hydrogen) atoms. The van der Waals surface area contributed by atoms with E-state index in [2.05, 4.69) is 62.1 Å². The van der Waals surface area contributed by atoms with Crippen molar-refractivity contribution in [1.82, 2.24) is 20.1 Å². The number of rotatable bonds is 6. The van der Waals surface area contributed by atoms with Crippen molar-refractivity contribution in [3.05, 3.63) is 36.0 Å². The fourth-order valence-corrected chi connectivity index (χ4v) is 4.98. The molecule has 7 nitrogen and oxygen atoms in total. The lowest BCUT2D eigenvalue weighted by atomic mass is 9.97. The monoisotopic (exact) mass is 470 g/mol. The third-order valence-corrected chi connectivity index (χ3v) is 7.46. The van der Waals surface area contributed by atoms with Crippen LogP contribution in [0.3, 0.4) is 0 Å². The van der Waals surface area contributed by atoms with E-state index >= 15 is 0 Å². The maximum Gasteiger partial charge on any atom is 0.276 e. The van der Waals surface area contributed by atoms with Gasteiger partial charge in [-0.15, -0.1) is 0 Å². The van der Waals surface area contributed by atoms with Gasteiger partial charge in [-0.25, -0.2) is 0 Å². The molecule has 0 spiro atoms. The molecular formula is C25H38N6OS. The highest BCUT2D eigenvalue weighted by Gasteiger charge is 2.29. The van der Waals surface area contributed by atoms with Crippen LogP contribution in [0, 0.1) is 16.7 Å². The highest BCUT2D eigenvalue weighted by molar-refractivity contribution is 8.27. The van der Waals surface area contributed by atoms with Gasteiger partial charge < -0.3 is 15.2 Å². The van der Waals surface area contributed by atoms with Gasteiger partial charge in [-0.1, -0.05) is 32.0 Å². The number of hydrogen-bond donors (Lipinski definition) is 4. The highest BCUT2D eigenvalue weighted by Crippen LogP contribution is 2.22. The Hall–Kier alpha value is -2.32. The number of nitrogens with zero attached hydrogens (tertiary/aromatic N) is 2. The molecule has 2 heterocycles. The number of para-hydroxylation sites is 1. The van der Waals surface area contributed by atoms with E-state index < -0.39 is 5.91 Å². The number of fused-ring (bicyclic) bond motifs is 1. The second kappa shape index (κ2) is 11.2. The lowest BCUT2D eigenvalue weighted by molar-refractivity contribution is -0.115. The summed E-state index contributed by atoms with van der Waals surface area (Å²) in [4.78, 5) is 20.5. The number of thioether (sulfide) groups is 1. The first-order valence-corrected chi connectivity index (χ1v) is 12.6. The molecule has 3 rings (SSSR count). The maximum absolute atomic E-state index is 12.9. The SMILES string of the molecule is CC(C)CCC(Cc1c[nH]c2ccccc12)NC(=O)C(=N)SC(=N)N1C[C@@H](C)N(C)[C@H](C)C1. The first-order chi connectivity index (χ1) is 15.7. The Bertz CT molecular complexity index is 974. The molecule has 2 aromatic rings. The molecule has 0 saturated carbocycles. The summed E-state index contributed by atoms with van der Waals surface area (Å²) in [7, 11) is 2.10.